The summed E-state index contributed by atoms with van der Waals surface area (Å²) in [6.45, 7) is 2.37. The van der Waals surface area contributed by atoms with E-state index >= 15 is 0 Å². The van der Waals surface area contributed by atoms with E-state index in [1.54, 1.807) is 19.1 Å². The Balaban J connectivity index is 1.91. The summed E-state index contributed by atoms with van der Waals surface area (Å²) in [5, 5.41) is 15.4. The van der Waals surface area contributed by atoms with Gasteiger partial charge in [-0.25, -0.2) is 12.8 Å². The molecule has 0 spiro atoms. The minimum atomic E-state index is -3.78. The molecule has 1 heterocycles. The third-order valence-corrected chi connectivity index (χ3v) is 6.37. The number of nitro benzene ring substituents is 1. The van der Waals surface area contributed by atoms with Crippen LogP contribution in [0.15, 0.2) is 52.5 Å². The van der Waals surface area contributed by atoms with Crippen molar-refractivity contribution in [2.45, 2.75) is 24.7 Å². The van der Waals surface area contributed by atoms with Crippen molar-refractivity contribution < 1.29 is 17.7 Å². The van der Waals surface area contributed by atoms with Crippen LogP contribution in [0.5, 0.6) is 0 Å². The lowest BCUT2D eigenvalue weighted by Gasteiger charge is -2.15. The summed E-state index contributed by atoms with van der Waals surface area (Å²) in [7, 11) is -3.78. The van der Waals surface area contributed by atoms with Gasteiger partial charge in [0.1, 0.15) is 11.5 Å². The number of halogens is 1. The second kappa shape index (κ2) is 8.03. The van der Waals surface area contributed by atoms with E-state index in [1.165, 1.54) is 28.6 Å². The van der Waals surface area contributed by atoms with Gasteiger partial charge in [0.2, 0.25) is 10.0 Å². The Kier molecular flexibility index (Phi) is 5.71. The molecule has 0 aliphatic carbocycles. The Labute approximate surface area is 161 Å². The lowest BCUT2D eigenvalue weighted by molar-refractivity contribution is -0.384. The van der Waals surface area contributed by atoms with Crippen LogP contribution in [-0.4, -0.2) is 36.4 Å². The van der Waals surface area contributed by atoms with Crippen molar-refractivity contribution in [1.29, 1.82) is 0 Å². The number of hydrogen-bond acceptors (Lipinski definition) is 6. The van der Waals surface area contributed by atoms with Crippen LogP contribution in [-0.2, 0) is 10.0 Å². The van der Waals surface area contributed by atoms with Gasteiger partial charge in [0, 0.05) is 24.7 Å². The van der Waals surface area contributed by atoms with Crippen molar-refractivity contribution in [3.8, 4) is 0 Å². The van der Waals surface area contributed by atoms with Crippen LogP contribution in [0, 0.1) is 15.9 Å². The predicted molar refractivity (Wildman–Crippen MR) is 103 cm³/mol. The molecular weight excluding hydrogens is 387 g/mol. The average molecular weight is 406 g/mol. The molecule has 2 aromatic rings. The van der Waals surface area contributed by atoms with Gasteiger partial charge < -0.3 is 0 Å². The Bertz CT molecular complexity index is 1030. The minimum absolute atomic E-state index is 0.0149. The molecule has 10 heteroatoms. The van der Waals surface area contributed by atoms with Crippen LogP contribution >= 0.6 is 0 Å². The molecule has 8 nitrogen and oxygen atoms in total. The highest BCUT2D eigenvalue weighted by molar-refractivity contribution is 7.89. The van der Waals surface area contributed by atoms with Crippen LogP contribution in [0.1, 0.15) is 25.3 Å². The number of nitro groups is 1. The van der Waals surface area contributed by atoms with E-state index in [0.29, 0.717) is 18.8 Å². The normalized spacial score (nSPS) is 15.6. The molecule has 0 aromatic heterocycles. The maximum atomic E-state index is 13.8. The zero-order chi connectivity index (χ0) is 20.3. The minimum Gasteiger partial charge on any atom is -0.271 e. The number of anilines is 1. The third-order valence-electron chi connectivity index (χ3n) is 4.48. The quantitative estimate of drug-likeness (QED) is 0.450. The molecule has 1 aliphatic heterocycles. The summed E-state index contributed by atoms with van der Waals surface area (Å²) < 4.78 is 40.4. The lowest BCUT2D eigenvalue weighted by Crippen LogP contribution is -2.27. The molecule has 148 valence electrons. The summed E-state index contributed by atoms with van der Waals surface area (Å²) in [6.07, 6.45) is 1.54. The molecule has 1 saturated heterocycles. The van der Waals surface area contributed by atoms with Crippen LogP contribution in [0.4, 0.5) is 15.8 Å². The van der Waals surface area contributed by atoms with Crippen LogP contribution in [0.25, 0.3) is 0 Å². The number of benzene rings is 2. The standard InChI is InChI=1S/C18H19FN4O4S/c1-13(15-6-2-3-7-16(15)19)20-21-17-9-8-14(12-18(17)23(24)25)28(26,27)22-10-4-5-11-22/h2-3,6-9,12,21H,4-5,10-11H2,1H3. The predicted octanol–water partition coefficient (Wildman–Crippen LogP) is 3.35. The molecule has 0 bridgehead atoms. The van der Waals surface area contributed by atoms with Gasteiger partial charge in [0.15, 0.2) is 0 Å². The largest absolute Gasteiger partial charge is 0.295 e. The van der Waals surface area contributed by atoms with E-state index in [0.717, 1.165) is 18.9 Å². The fourth-order valence-corrected chi connectivity index (χ4v) is 4.49. The van der Waals surface area contributed by atoms with Crippen LogP contribution < -0.4 is 5.43 Å². The summed E-state index contributed by atoms with van der Waals surface area (Å²) in [5.74, 6) is -0.466. The maximum absolute atomic E-state index is 13.8. The van der Waals surface area contributed by atoms with Crippen LogP contribution in [0.3, 0.4) is 0 Å². The number of hydrogen-bond donors (Lipinski definition) is 1. The Morgan fingerprint density at radius 1 is 1.21 bits per heavy atom. The van der Waals surface area contributed by atoms with E-state index in [4.69, 9.17) is 0 Å². The van der Waals surface area contributed by atoms with Crippen molar-refractivity contribution in [3.05, 3.63) is 64.0 Å². The molecule has 3 rings (SSSR count). The third kappa shape index (κ3) is 4.02. The molecule has 0 unspecified atom stereocenters. The fourth-order valence-electron chi connectivity index (χ4n) is 2.95. The molecule has 28 heavy (non-hydrogen) atoms. The van der Waals surface area contributed by atoms with Crippen molar-refractivity contribution in [1.82, 2.24) is 4.31 Å². The second-order valence-electron chi connectivity index (χ2n) is 6.34. The van der Waals surface area contributed by atoms with Crippen molar-refractivity contribution in [3.63, 3.8) is 0 Å². The summed E-state index contributed by atoms with van der Waals surface area (Å²) in [4.78, 5) is 10.6. The second-order valence-corrected chi connectivity index (χ2v) is 8.27. The van der Waals surface area contributed by atoms with Gasteiger partial charge in [-0.1, -0.05) is 18.2 Å². The van der Waals surface area contributed by atoms with Gasteiger partial charge in [-0.3, -0.25) is 15.5 Å². The molecule has 2 aromatic carbocycles. The van der Waals surface area contributed by atoms with Gasteiger partial charge in [0.25, 0.3) is 5.69 Å². The van der Waals surface area contributed by atoms with Crippen molar-refractivity contribution in [2.24, 2.45) is 5.10 Å². The van der Waals surface area contributed by atoms with Gasteiger partial charge in [-0.05, 0) is 38.0 Å². The monoisotopic (exact) mass is 406 g/mol. The van der Waals surface area contributed by atoms with Crippen molar-refractivity contribution >= 4 is 27.1 Å². The topological polar surface area (TPSA) is 105 Å². The van der Waals surface area contributed by atoms with E-state index in [9.17, 15) is 22.9 Å². The zero-order valence-electron chi connectivity index (χ0n) is 15.1. The number of hydrazone groups is 1. The van der Waals surface area contributed by atoms with E-state index in [1.807, 2.05) is 0 Å². The molecule has 0 saturated carbocycles. The SMILES string of the molecule is CC(=NNc1ccc(S(=O)(=O)N2CCCC2)cc1[N+](=O)[O-])c1ccccc1F. The Morgan fingerprint density at radius 3 is 2.54 bits per heavy atom. The van der Waals surface area contributed by atoms with Gasteiger partial charge >= 0.3 is 0 Å². The molecule has 1 N–H and O–H groups in total. The number of sulfonamides is 1. The lowest BCUT2D eigenvalue weighted by atomic mass is 10.1. The Morgan fingerprint density at radius 2 is 1.89 bits per heavy atom. The highest BCUT2D eigenvalue weighted by Crippen LogP contribution is 2.30. The van der Waals surface area contributed by atoms with E-state index < -0.39 is 26.5 Å². The smallest absolute Gasteiger partial charge is 0.271 e. The zero-order valence-corrected chi connectivity index (χ0v) is 15.9. The summed E-state index contributed by atoms with van der Waals surface area (Å²) >= 11 is 0. The number of rotatable bonds is 6. The summed E-state index contributed by atoms with van der Waals surface area (Å²) in [6, 6.07) is 9.63. The van der Waals surface area contributed by atoms with Crippen molar-refractivity contribution in [2.75, 3.05) is 18.5 Å². The first kappa shape index (κ1) is 19.9. The molecule has 0 atom stereocenters. The van der Waals surface area contributed by atoms with Gasteiger partial charge in [-0.2, -0.15) is 9.41 Å². The highest BCUT2D eigenvalue weighted by atomic mass is 32.2. The first-order chi connectivity index (χ1) is 13.3. The molecular formula is C18H19FN4O4S. The highest BCUT2D eigenvalue weighted by Gasteiger charge is 2.29. The molecule has 0 amide bonds. The molecule has 1 aliphatic rings. The number of nitrogens with zero attached hydrogens (tertiary/aromatic N) is 3. The van der Waals surface area contributed by atoms with E-state index in [-0.39, 0.29) is 16.1 Å². The Hall–Kier alpha value is -2.85. The first-order valence-corrected chi connectivity index (χ1v) is 10.1. The molecule has 1 fully saturated rings. The van der Waals surface area contributed by atoms with Gasteiger partial charge in [-0.15, -0.1) is 0 Å². The van der Waals surface area contributed by atoms with E-state index in [2.05, 4.69) is 10.5 Å². The first-order valence-electron chi connectivity index (χ1n) is 8.64. The summed E-state index contributed by atoms with van der Waals surface area (Å²) in [5.41, 5.74) is 2.68. The molecule has 0 radical (unpaired) electrons. The maximum Gasteiger partial charge on any atom is 0.295 e. The average Bonchev–Trinajstić information content (AvgIpc) is 3.22. The van der Waals surface area contributed by atoms with Crippen LogP contribution in [0.2, 0.25) is 0 Å². The van der Waals surface area contributed by atoms with Gasteiger partial charge in [0.05, 0.1) is 15.5 Å². The fraction of sp³-hybridized carbons (Fsp3) is 0.278. The number of nitrogens with one attached hydrogen (secondary N) is 1.